The fourth-order valence-electron chi connectivity index (χ4n) is 0.792. The highest BCUT2D eigenvalue weighted by Gasteiger charge is 2.09. The molecule has 1 aromatic rings. The van der Waals surface area contributed by atoms with Gasteiger partial charge < -0.3 is 10.2 Å². The number of aliphatic hydroxyl groups excluding tert-OH is 1. The van der Waals surface area contributed by atoms with Crippen molar-refractivity contribution in [3.63, 3.8) is 0 Å². The summed E-state index contributed by atoms with van der Waals surface area (Å²) in [5.74, 6) is -3.16. The molecule has 0 amide bonds. The molecule has 5 heteroatoms. The second-order valence-corrected chi connectivity index (χ2v) is 2.43. The van der Waals surface area contributed by atoms with Gasteiger partial charge in [-0.25, -0.2) is 4.79 Å². The van der Waals surface area contributed by atoms with E-state index in [1.54, 1.807) is 0 Å². The van der Waals surface area contributed by atoms with Crippen LogP contribution in [0.5, 0.6) is 0 Å². The van der Waals surface area contributed by atoms with Crippen molar-refractivity contribution in [1.82, 2.24) is 4.98 Å². The highest BCUT2D eigenvalue weighted by atomic mass is 16.4. The van der Waals surface area contributed by atoms with Crippen LogP contribution in [0.1, 0.15) is 5.56 Å². The minimum absolute atomic E-state index is 0.342. The molecule has 1 rings (SSSR count). The molecule has 0 fully saturated rings. The molecule has 0 aromatic carbocycles. The van der Waals surface area contributed by atoms with Gasteiger partial charge in [-0.15, -0.1) is 0 Å². The monoisotopic (exact) mass is 193 g/mol. The van der Waals surface area contributed by atoms with Gasteiger partial charge in [-0.1, -0.05) is 0 Å². The minimum Gasteiger partial charge on any atom is -0.507 e. The largest absolute Gasteiger partial charge is 0.507 e. The Morgan fingerprint density at radius 2 is 1.79 bits per heavy atom. The molecule has 72 valence electrons. The smallest absolute Gasteiger partial charge is 0.376 e. The normalized spacial score (nSPS) is 11.0. The van der Waals surface area contributed by atoms with Crippen molar-refractivity contribution in [2.45, 2.75) is 0 Å². The lowest BCUT2D eigenvalue weighted by Crippen LogP contribution is -2.09. The molecule has 0 saturated heterocycles. The SMILES string of the molecule is O=C(O)C(=O)/C=C(\O)c1ccncc1. The maximum absolute atomic E-state index is 10.7. The van der Waals surface area contributed by atoms with E-state index in [1.165, 1.54) is 24.5 Å². The van der Waals surface area contributed by atoms with Crippen molar-refractivity contribution in [2.24, 2.45) is 0 Å². The number of pyridine rings is 1. The number of hydrogen-bond acceptors (Lipinski definition) is 4. The summed E-state index contributed by atoms with van der Waals surface area (Å²) in [6, 6.07) is 2.92. The topological polar surface area (TPSA) is 87.5 Å². The Morgan fingerprint density at radius 1 is 1.21 bits per heavy atom. The van der Waals surface area contributed by atoms with Crippen LogP contribution in [-0.2, 0) is 9.59 Å². The quantitative estimate of drug-likeness (QED) is 0.417. The number of carbonyl (C=O) groups excluding carboxylic acids is 1. The van der Waals surface area contributed by atoms with Gasteiger partial charge in [0, 0.05) is 24.0 Å². The van der Waals surface area contributed by atoms with Crippen molar-refractivity contribution in [3.8, 4) is 0 Å². The number of rotatable bonds is 3. The molecule has 0 unspecified atom stereocenters. The lowest BCUT2D eigenvalue weighted by Gasteiger charge is -1.96. The molecule has 2 N–H and O–H groups in total. The van der Waals surface area contributed by atoms with Crippen LogP contribution >= 0.6 is 0 Å². The van der Waals surface area contributed by atoms with E-state index in [2.05, 4.69) is 4.98 Å². The van der Waals surface area contributed by atoms with Gasteiger partial charge in [0.05, 0.1) is 0 Å². The number of nitrogens with zero attached hydrogens (tertiary/aromatic N) is 1. The number of carboxylic acids is 1. The Labute approximate surface area is 79.3 Å². The van der Waals surface area contributed by atoms with Gasteiger partial charge in [0.2, 0.25) is 0 Å². The molecule has 0 atom stereocenters. The standard InChI is InChI=1S/C9H7NO4/c11-7(5-8(12)9(13)14)6-1-3-10-4-2-6/h1-5,11H,(H,13,14)/b7-5-. The lowest BCUT2D eigenvalue weighted by atomic mass is 10.2. The van der Waals surface area contributed by atoms with Crippen molar-refractivity contribution in [3.05, 3.63) is 36.2 Å². The summed E-state index contributed by atoms with van der Waals surface area (Å²) in [5.41, 5.74) is 0.342. The van der Waals surface area contributed by atoms with Crippen molar-refractivity contribution in [2.75, 3.05) is 0 Å². The minimum atomic E-state index is -1.61. The second kappa shape index (κ2) is 4.18. The number of carbonyl (C=O) groups is 2. The van der Waals surface area contributed by atoms with E-state index in [4.69, 9.17) is 5.11 Å². The molecule has 0 aliphatic carbocycles. The zero-order chi connectivity index (χ0) is 10.6. The summed E-state index contributed by atoms with van der Waals surface area (Å²) in [4.78, 5) is 24.5. The number of aliphatic hydroxyl groups is 1. The van der Waals surface area contributed by atoms with Gasteiger partial charge in [-0.2, -0.15) is 0 Å². The Kier molecular flexibility index (Phi) is 2.96. The molecular weight excluding hydrogens is 186 g/mol. The Hall–Kier alpha value is -2.17. The van der Waals surface area contributed by atoms with Gasteiger partial charge in [0.1, 0.15) is 5.76 Å². The molecule has 1 aromatic heterocycles. The molecule has 5 nitrogen and oxygen atoms in total. The molecule has 0 aliphatic heterocycles. The molecule has 1 heterocycles. The Morgan fingerprint density at radius 3 is 2.29 bits per heavy atom. The van der Waals surface area contributed by atoms with Crippen LogP contribution in [-0.4, -0.2) is 26.9 Å². The number of aliphatic carboxylic acids is 1. The van der Waals surface area contributed by atoms with E-state index in [9.17, 15) is 14.7 Å². The number of ketones is 1. The van der Waals surface area contributed by atoms with Crippen LogP contribution in [0.3, 0.4) is 0 Å². The predicted octanol–water partition coefficient (Wildman–Crippen LogP) is 0.634. The van der Waals surface area contributed by atoms with E-state index >= 15 is 0 Å². The molecule has 0 spiro atoms. The van der Waals surface area contributed by atoms with Crippen LogP contribution < -0.4 is 0 Å². The molecule has 0 saturated carbocycles. The summed E-state index contributed by atoms with van der Waals surface area (Å²) in [5, 5.41) is 17.5. The van der Waals surface area contributed by atoms with Crippen LogP contribution in [0.25, 0.3) is 5.76 Å². The van der Waals surface area contributed by atoms with E-state index < -0.39 is 11.8 Å². The first-order chi connectivity index (χ1) is 6.61. The summed E-state index contributed by atoms with van der Waals surface area (Å²) in [7, 11) is 0. The first-order valence-electron chi connectivity index (χ1n) is 3.69. The Balaban J connectivity index is 2.91. The first-order valence-corrected chi connectivity index (χ1v) is 3.69. The highest BCUT2D eigenvalue weighted by molar-refractivity contribution is 6.38. The van der Waals surface area contributed by atoms with E-state index in [-0.39, 0.29) is 5.76 Å². The van der Waals surface area contributed by atoms with E-state index in [0.29, 0.717) is 11.6 Å². The summed E-state index contributed by atoms with van der Waals surface area (Å²) < 4.78 is 0. The third-order valence-electron chi connectivity index (χ3n) is 1.45. The first kappa shape index (κ1) is 9.91. The average molecular weight is 193 g/mol. The number of hydrogen-bond donors (Lipinski definition) is 2. The third kappa shape index (κ3) is 2.41. The maximum Gasteiger partial charge on any atom is 0.376 e. The van der Waals surface area contributed by atoms with E-state index in [0.717, 1.165) is 0 Å². The lowest BCUT2D eigenvalue weighted by molar-refractivity contribution is -0.146. The summed E-state index contributed by atoms with van der Waals surface area (Å²) in [6.45, 7) is 0. The zero-order valence-corrected chi connectivity index (χ0v) is 7.04. The maximum atomic E-state index is 10.7. The highest BCUT2D eigenvalue weighted by Crippen LogP contribution is 2.08. The summed E-state index contributed by atoms with van der Waals surface area (Å²) in [6.07, 6.45) is 3.49. The van der Waals surface area contributed by atoms with Crippen LogP contribution in [0.15, 0.2) is 30.6 Å². The van der Waals surface area contributed by atoms with Gasteiger partial charge in [0.15, 0.2) is 0 Å². The van der Waals surface area contributed by atoms with Crippen LogP contribution in [0.4, 0.5) is 0 Å². The molecule has 0 radical (unpaired) electrons. The fraction of sp³-hybridized carbons (Fsp3) is 0. The van der Waals surface area contributed by atoms with Crippen molar-refractivity contribution >= 4 is 17.5 Å². The van der Waals surface area contributed by atoms with Gasteiger partial charge in [-0.05, 0) is 12.1 Å². The second-order valence-electron chi connectivity index (χ2n) is 2.43. The fourth-order valence-corrected chi connectivity index (χ4v) is 0.792. The summed E-state index contributed by atoms with van der Waals surface area (Å²) >= 11 is 0. The van der Waals surface area contributed by atoms with Crippen molar-refractivity contribution in [1.29, 1.82) is 0 Å². The van der Waals surface area contributed by atoms with E-state index in [1.807, 2.05) is 0 Å². The zero-order valence-electron chi connectivity index (χ0n) is 7.04. The molecular formula is C9H7NO4. The van der Waals surface area contributed by atoms with Gasteiger partial charge in [0.25, 0.3) is 5.78 Å². The van der Waals surface area contributed by atoms with Crippen LogP contribution in [0.2, 0.25) is 0 Å². The Bertz CT molecular complexity index is 383. The number of carboxylic acid groups (broad SMARTS) is 1. The molecule has 14 heavy (non-hydrogen) atoms. The number of aromatic nitrogens is 1. The molecule has 0 bridgehead atoms. The van der Waals surface area contributed by atoms with Gasteiger partial charge in [-0.3, -0.25) is 9.78 Å². The van der Waals surface area contributed by atoms with Gasteiger partial charge >= 0.3 is 5.97 Å². The third-order valence-corrected chi connectivity index (χ3v) is 1.45. The average Bonchev–Trinajstić information content (AvgIpc) is 2.19. The molecule has 0 aliphatic rings. The van der Waals surface area contributed by atoms with Crippen LogP contribution in [0, 0.1) is 0 Å². The predicted molar refractivity (Wildman–Crippen MR) is 47.5 cm³/mol. The van der Waals surface area contributed by atoms with Crippen molar-refractivity contribution < 1.29 is 19.8 Å².